The molecule has 1 aliphatic rings. The summed E-state index contributed by atoms with van der Waals surface area (Å²) < 4.78 is 16.9. The van der Waals surface area contributed by atoms with Crippen molar-refractivity contribution in [1.82, 2.24) is 0 Å². The van der Waals surface area contributed by atoms with Crippen LogP contribution in [0.3, 0.4) is 0 Å². The number of ether oxygens (including phenoxy) is 3. The Hall–Kier alpha value is -1.42. The van der Waals surface area contributed by atoms with Gasteiger partial charge < -0.3 is 19.9 Å². The number of nitrogens with two attached hydrogens (primary N) is 1. The highest BCUT2D eigenvalue weighted by Gasteiger charge is 2.22. The summed E-state index contributed by atoms with van der Waals surface area (Å²) in [6.45, 7) is 5.32. The Morgan fingerprint density at radius 3 is 2.67 bits per heavy atom. The lowest BCUT2D eigenvalue weighted by molar-refractivity contribution is 0.288. The molecule has 0 fully saturated rings. The second-order valence-corrected chi connectivity index (χ2v) is 5.30. The second kappa shape index (κ2) is 5.06. The van der Waals surface area contributed by atoms with Crippen LogP contribution in [0.2, 0.25) is 0 Å². The van der Waals surface area contributed by atoms with E-state index in [0.717, 1.165) is 29.9 Å². The first-order valence-corrected chi connectivity index (χ1v) is 6.25. The van der Waals surface area contributed by atoms with Gasteiger partial charge in [0.1, 0.15) is 0 Å². The van der Waals surface area contributed by atoms with Crippen molar-refractivity contribution in [3.05, 3.63) is 17.7 Å². The smallest absolute Gasteiger partial charge is 0.203 e. The fourth-order valence-electron chi connectivity index (χ4n) is 2.10. The molecule has 1 heterocycles. The largest absolute Gasteiger partial charge is 0.492 e. The van der Waals surface area contributed by atoms with Crippen LogP contribution in [0.1, 0.15) is 25.8 Å². The molecule has 1 aliphatic heterocycles. The van der Waals surface area contributed by atoms with E-state index in [1.807, 2.05) is 26.0 Å². The van der Waals surface area contributed by atoms with Crippen LogP contribution in [0, 0.1) is 0 Å². The van der Waals surface area contributed by atoms with Gasteiger partial charge in [-0.3, -0.25) is 0 Å². The lowest BCUT2D eigenvalue weighted by Crippen LogP contribution is -2.34. The molecule has 0 unspecified atom stereocenters. The first-order chi connectivity index (χ1) is 8.51. The fraction of sp³-hybridized carbons (Fsp3) is 0.571. The monoisotopic (exact) mass is 251 g/mol. The third kappa shape index (κ3) is 2.88. The van der Waals surface area contributed by atoms with Crippen molar-refractivity contribution < 1.29 is 14.2 Å². The fourth-order valence-corrected chi connectivity index (χ4v) is 2.10. The van der Waals surface area contributed by atoms with Gasteiger partial charge in [-0.1, -0.05) is 6.07 Å². The van der Waals surface area contributed by atoms with E-state index in [1.54, 1.807) is 7.11 Å². The van der Waals surface area contributed by atoms with Crippen LogP contribution in [0.5, 0.6) is 17.2 Å². The molecule has 4 heteroatoms. The Labute approximate surface area is 108 Å². The second-order valence-electron chi connectivity index (χ2n) is 5.30. The van der Waals surface area contributed by atoms with Crippen LogP contribution in [-0.2, 0) is 6.42 Å². The van der Waals surface area contributed by atoms with Gasteiger partial charge in [0.2, 0.25) is 5.75 Å². The molecule has 2 N–H and O–H groups in total. The zero-order valence-corrected chi connectivity index (χ0v) is 11.3. The summed E-state index contributed by atoms with van der Waals surface area (Å²) in [7, 11) is 1.65. The molecule has 0 bridgehead atoms. The van der Waals surface area contributed by atoms with Crippen molar-refractivity contribution in [2.24, 2.45) is 5.73 Å². The zero-order valence-electron chi connectivity index (χ0n) is 11.3. The Balaban J connectivity index is 2.40. The standard InChI is InChI=1S/C14H21NO3/c1-14(2,15)9-10-5-6-11-13(12(10)16-3)18-8-4-7-17-11/h5-6H,4,7-9,15H2,1-3H3. The van der Waals surface area contributed by atoms with Crippen molar-refractivity contribution in [3.63, 3.8) is 0 Å². The van der Waals surface area contributed by atoms with Gasteiger partial charge in [-0.15, -0.1) is 0 Å². The molecule has 0 radical (unpaired) electrons. The van der Waals surface area contributed by atoms with Gasteiger partial charge in [0.25, 0.3) is 0 Å². The lowest BCUT2D eigenvalue weighted by atomic mass is 9.95. The van der Waals surface area contributed by atoms with Crippen LogP contribution in [0.4, 0.5) is 0 Å². The molecule has 0 aromatic heterocycles. The number of fused-ring (bicyclic) bond motifs is 1. The van der Waals surface area contributed by atoms with Crippen LogP contribution < -0.4 is 19.9 Å². The Bertz CT molecular complexity index is 424. The number of hydrogen-bond acceptors (Lipinski definition) is 4. The molecule has 4 nitrogen and oxygen atoms in total. The van der Waals surface area contributed by atoms with Crippen molar-refractivity contribution in [3.8, 4) is 17.2 Å². The molecule has 0 aliphatic carbocycles. The van der Waals surface area contributed by atoms with E-state index < -0.39 is 0 Å². The van der Waals surface area contributed by atoms with Crippen molar-refractivity contribution in [1.29, 1.82) is 0 Å². The summed E-state index contributed by atoms with van der Waals surface area (Å²) in [6, 6.07) is 3.94. The molecular weight excluding hydrogens is 230 g/mol. The van der Waals surface area contributed by atoms with E-state index in [0.29, 0.717) is 19.0 Å². The highest BCUT2D eigenvalue weighted by molar-refractivity contribution is 5.56. The van der Waals surface area contributed by atoms with Crippen LogP contribution in [-0.4, -0.2) is 25.9 Å². The minimum atomic E-state index is -0.285. The summed E-state index contributed by atoms with van der Waals surface area (Å²) in [5.74, 6) is 2.20. The molecule has 0 spiro atoms. The van der Waals surface area contributed by atoms with Gasteiger partial charge in [-0.2, -0.15) is 0 Å². The van der Waals surface area contributed by atoms with Gasteiger partial charge in [0, 0.05) is 17.5 Å². The Morgan fingerprint density at radius 2 is 2.00 bits per heavy atom. The average Bonchev–Trinajstić information content (AvgIpc) is 2.51. The van der Waals surface area contributed by atoms with Crippen molar-refractivity contribution in [2.75, 3.05) is 20.3 Å². The SMILES string of the molecule is COc1c(CC(C)(C)N)ccc2c1OCCCO2. The van der Waals surface area contributed by atoms with Crippen LogP contribution in [0.15, 0.2) is 12.1 Å². The van der Waals surface area contributed by atoms with E-state index in [2.05, 4.69) is 0 Å². The number of benzene rings is 1. The van der Waals surface area contributed by atoms with E-state index in [1.165, 1.54) is 0 Å². The summed E-state index contributed by atoms with van der Waals surface area (Å²) in [5, 5.41) is 0. The molecule has 18 heavy (non-hydrogen) atoms. The zero-order chi connectivity index (χ0) is 13.2. The lowest BCUT2D eigenvalue weighted by Gasteiger charge is -2.22. The quantitative estimate of drug-likeness (QED) is 0.894. The van der Waals surface area contributed by atoms with Crippen molar-refractivity contribution in [2.45, 2.75) is 32.2 Å². The third-order valence-corrected chi connectivity index (χ3v) is 2.80. The number of rotatable bonds is 3. The molecule has 0 amide bonds. The first-order valence-electron chi connectivity index (χ1n) is 6.25. The topological polar surface area (TPSA) is 53.7 Å². The molecule has 1 aromatic rings. The molecule has 1 aromatic carbocycles. The van der Waals surface area contributed by atoms with E-state index in [9.17, 15) is 0 Å². The summed E-state index contributed by atoms with van der Waals surface area (Å²) in [4.78, 5) is 0. The van der Waals surface area contributed by atoms with Crippen LogP contribution in [0.25, 0.3) is 0 Å². The Morgan fingerprint density at radius 1 is 1.28 bits per heavy atom. The maximum absolute atomic E-state index is 6.07. The van der Waals surface area contributed by atoms with E-state index in [-0.39, 0.29) is 5.54 Å². The molecule has 0 saturated carbocycles. The Kier molecular flexibility index (Phi) is 3.66. The summed E-state index contributed by atoms with van der Waals surface area (Å²) >= 11 is 0. The minimum absolute atomic E-state index is 0.285. The third-order valence-electron chi connectivity index (χ3n) is 2.80. The summed E-state index contributed by atoms with van der Waals surface area (Å²) in [6.07, 6.45) is 1.61. The predicted octanol–water partition coefficient (Wildman–Crippen LogP) is 2.14. The maximum atomic E-state index is 6.07. The average molecular weight is 251 g/mol. The van der Waals surface area contributed by atoms with Gasteiger partial charge in [0.15, 0.2) is 11.5 Å². The maximum Gasteiger partial charge on any atom is 0.203 e. The van der Waals surface area contributed by atoms with Gasteiger partial charge in [-0.05, 0) is 26.3 Å². The van der Waals surface area contributed by atoms with E-state index >= 15 is 0 Å². The number of hydrogen-bond donors (Lipinski definition) is 1. The molecule has 2 rings (SSSR count). The highest BCUT2D eigenvalue weighted by atomic mass is 16.5. The van der Waals surface area contributed by atoms with Crippen LogP contribution >= 0.6 is 0 Å². The molecule has 0 atom stereocenters. The van der Waals surface area contributed by atoms with E-state index in [4.69, 9.17) is 19.9 Å². The molecular formula is C14H21NO3. The summed E-state index contributed by atoms with van der Waals surface area (Å²) in [5.41, 5.74) is 6.84. The normalized spacial score (nSPS) is 15.1. The first kappa shape index (κ1) is 13.0. The molecule has 100 valence electrons. The van der Waals surface area contributed by atoms with Gasteiger partial charge in [0.05, 0.1) is 20.3 Å². The highest BCUT2D eigenvalue weighted by Crippen LogP contribution is 2.42. The number of methoxy groups -OCH3 is 1. The minimum Gasteiger partial charge on any atom is -0.492 e. The predicted molar refractivity (Wildman–Crippen MR) is 70.6 cm³/mol. The van der Waals surface area contributed by atoms with Gasteiger partial charge in [-0.25, -0.2) is 0 Å². The van der Waals surface area contributed by atoms with Gasteiger partial charge >= 0.3 is 0 Å². The molecule has 0 saturated heterocycles. The van der Waals surface area contributed by atoms with Crippen molar-refractivity contribution >= 4 is 0 Å².